The molecule has 0 aliphatic carbocycles. The first-order chi connectivity index (χ1) is 9.63. The highest BCUT2D eigenvalue weighted by molar-refractivity contribution is 9.10. The second kappa shape index (κ2) is 5.30. The number of benzene rings is 1. The summed E-state index contributed by atoms with van der Waals surface area (Å²) in [5.41, 5.74) is 1.82. The molecule has 0 radical (unpaired) electrons. The number of thioether (sulfide) groups is 1. The zero-order valence-electron chi connectivity index (χ0n) is 10.2. The van der Waals surface area contributed by atoms with E-state index in [1.165, 1.54) is 0 Å². The fourth-order valence-electron chi connectivity index (χ4n) is 1.93. The molecular weight excluding hydrogens is 340 g/mol. The molecule has 1 aliphatic rings. The van der Waals surface area contributed by atoms with Crippen LogP contribution in [-0.2, 0) is 4.79 Å². The molecule has 0 atom stereocenters. The summed E-state index contributed by atoms with van der Waals surface area (Å²) in [7, 11) is 0. The third kappa shape index (κ3) is 2.57. The van der Waals surface area contributed by atoms with Gasteiger partial charge in [-0.05, 0) is 48.2 Å². The van der Waals surface area contributed by atoms with Crippen molar-refractivity contribution in [2.75, 3.05) is 0 Å². The van der Waals surface area contributed by atoms with Gasteiger partial charge in [-0.15, -0.1) is 0 Å². The number of rotatable bonds is 2. The molecule has 1 fully saturated rings. The van der Waals surface area contributed by atoms with Crippen molar-refractivity contribution in [2.45, 2.75) is 0 Å². The lowest BCUT2D eigenvalue weighted by Crippen LogP contribution is -2.17. The lowest BCUT2D eigenvalue weighted by atomic mass is 10.3. The van der Waals surface area contributed by atoms with Crippen LogP contribution in [0.4, 0.5) is 4.79 Å². The molecule has 1 saturated heterocycles. The van der Waals surface area contributed by atoms with Gasteiger partial charge in [0.1, 0.15) is 0 Å². The Labute approximate surface area is 128 Å². The van der Waals surface area contributed by atoms with E-state index in [4.69, 9.17) is 0 Å². The maximum absolute atomic E-state index is 11.6. The standard InChI is InChI=1S/C14H9BrN2O2S/c15-9-3-1-4-10(7-9)17-6-2-5-11(17)8-12-13(18)16-14(19)20-12/h1-8H,(H,16,18,19)/b12-8+. The zero-order chi connectivity index (χ0) is 14.1. The molecule has 4 nitrogen and oxygen atoms in total. The van der Waals surface area contributed by atoms with Crippen molar-refractivity contribution in [3.05, 3.63) is 57.7 Å². The van der Waals surface area contributed by atoms with Crippen LogP contribution in [0.5, 0.6) is 0 Å². The van der Waals surface area contributed by atoms with Gasteiger partial charge < -0.3 is 4.57 Å². The molecular formula is C14H9BrN2O2S. The van der Waals surface area contributed by atoms with E-state index < -0.39 is 0 Å². The molecule has 1 aromatic heterocycles. The number of hydrogen-bond acceptors (Lipinski definition) is 3. The number of hydrogen-bond donors (Lipinski definition) is 1. The maximum Gasteiger partial charge on any atom is 0.290 e. The van der Waals surface area contributed by atoms with Gasteiger partial charge in [0.2, 0.25) is 0 Å². The Hall–Kier alpha value is -1.79. The SMILES string of the molecule is O=C1NC(=O)/C(=C\c2cccn2-c2cccc(Br)c2)S1. The highest BCUT2D eigenvalue weighted by atomic mass is 79.9. The maximum atomic E-state index is 11.6. The third-order valence-electron chi connectivity index (χ3n) is 2.79. The fourth-order valence-corrected chi connectivity index (χ4v) is 2.98. The second-order valence-electron chi connectivity index (χ2n) is 4.14. The first-order valence-corrected chi connectivity index (χ1v) is 7.42. The zero-order valence-corrected chi connectivity index (χ0v) is 12.6. The molecule has 1 aromatic carbocycles. The summed E-state index contributed by atoms with van der Waals surface area (Å²) in [5, 5.41) is 1.92. The molecule has 2 heterocycles. The van der Waals surface area contributed by atoms with Crippen LogP contribution in [0.25, 0.3) is 11.8 Å². The first-order valence-electron chi connectivity index (χ1n) is 5.81. The van der Waals surface area contributed by atoms with Gasteiger partial charge in [-0.3, -0.25) is 14.9 Å². The summed E-state index contributed by atoms with van der Waals surface area (Å²) in [6.45, 7) is 0. The Morgan fingerprint density at radius 2 is 2.05 bits per heavy atom. The molecule has 0 bridgehead atoms. The molecule has 6 heteroatoms. The van der Waals surface area contributed by atoms with Crippen LogP contribution in [0.3, 0.4) is 0 Å². The van der Waals surface area contributed by atoms with Crippen LogP contribution in [0.15, 0.2) is 52.0 Å². The van der Waals surface area contributed by atoms with E-state index in [1.807, 2.05) is 47.2 Å². The van der Waals surface area contributed by atoms with Crippen LogP contribution in [0.1, 0.15) is 5.69 Å². The highest BCUT2D eigenvalue weighted by Gasteiger charge is 2.25. The minimum Gasteiger partial charge on any atom is -0.317 e. The average molecular weight is 349 g/mol. The monoisotopic (exact) mass is 348 g/mol. The number of carbonyl (C=O) groups excluding carboxylic acids is 2. The van der Waals surface area contributed by atoms with Crippen molar-refractivity contribution < 1.29 is 9.59 Å². The topological polar surface area (TPSA) is 51.1 Å². The molecule has 2 aromatic rings. The Kier molecular flexibility index (Phi) is 3.50. The van der Waals surface area contributed by atoms with E-state index in [2.05, 4.69) is 21.2 Å². The van der Waals surface area contributed by atoms with Crippen LogP contribution in [0.2, 0.25) is 0 Å². The predicted octanol–water partition coefficient (Wildman–Crippen LogP) is 3.56. The van der Waals surface area contributed by atoms with Crippen molar-refractivity contribution >= 4 is 44.9 Å². The summed E-state index contributed by atoms with van der Waals surface area (Å²) in [4.78, 5) is 23.2. The summed E-state index contributed by atoms with van der Waals surface area (Å²) < 4.78 is 2.93. The van der Waals surface area contributed by atoms with Gasteiger partial charge in [0.25, 0.3) is 11.1 Å². The molecule has 0 unspecified atom stereocenters. The van der Waals surface area contributed by atoms with Gasteiger partial charge in [0, 0.05) is 22.1 Å². The Bertz CT molecular complexity index is 736. The Balaban J connectivity index is 2.01. The molecule has 100 valence electrons. The number of imide groups is 1. The van der Waals surface area contributed by atoms with Crippen molar-refractivity contribution in [3.8, 4) is 5.69 Å². The van der Waals surface area contributed by atoms with E-state index >= 15 is 0 Å². The van der Waals surface area contributed by atoms with Crippen LogP contribution >= 0.6 is 27.7 Å². The Morgan fingerprint density at radius 3 is 2.75 bits per heavy atom. The molecule has 0 spiro atoms. The lowest BCUT2D eigenvalue weighted by Gasteiger charge is -2.07. The van der Waals surface area contributed by atoms with Crippen LogP contribution in [-0.4, -0.2) is 15.7 Å². The van der Waals surface area contributed by atoms with Gasteiger partial charge in [-0.25, -0.2) is 0 Å². The van der Waals surface area contributed by atoms with E-state index in [0.29, 0.717) is 4.91 Å². The normalized spacial score (nSPS) is 16.8. The fraction of sp³-hybridized carbons (Fsp3) is 0. The van der Waals surface area contributed by atoms with Gasteiger partial charge in [-0.1, -0.05) is 22.0 Å². The first kappa shape index (κ1) is 13.2. The molecule has 0 saturated carbocycles. The summed E-state index contributed by atoms with van der Waals surface area (Å²) >= 11 is 4.35. The highest BCUT2D eigenvalue weighted by Crippen LogP contribution is 2.27. The number of halogens is 1. The minimum absolute atomic E-state index is 0.332. The second-order valence-corrected chi connectivity index (χ2v) is 6.07. The van der Waals surface area contributed by atoms with E-state index in [1.54, 1.807) is 6.08 Å². The van der Waals surface area contributed by atoms with Crippen molar-refractivity contribution in [1.29, 1.82) is 0 Å². The predicted molar refractivity (Wildman–Crippen MR) is 82.6 cm³/mol. The van der Waals surface area contributed by atoms with Crippen molar-refractivity contribution in [2.24, 2.45) is 0 Å². The number of aromatic nitrogens is 1. The van der Waals surface area contributed by atoms with Gasteiger partial charge in [0.15, 0.2) is 0 Å². The molecule has 1 N–H and O–H groups in total. The van der Waals surface area contributed by atoms with E-state index in [9.17, 15) is 9.59 Å². The minimum atomic E-state index is -0.345. The van der Waals surface area contributed by atoms with Gasteiger partial charge >= 0.3 is 0 Å². The number of carbonyl (C=O) groups is 2. The molecule has 3 rings (SSSR count). The summed E-state index contributed by atoms with van der Waals surface area (Å²) in [6, 6.07) is 11.6. The smallest absolute Gasteiger partial charge is 0.290 e. The largest absolute Gasteiger partial charge is 0.317 e. The molecule has 2 amide bonds. The van der Waals surface area contributed by atoms with Crippen LogP contribution in [0, 0.1) is 0 Å². The number of amides is 2. The van der Waals surface area contributed by atoms with Crippen molar-refractivity contribution in [1.82, 2.24) is 9.88 Å². The van der Waals surface area contributed by atoms with Gasteiger partial charge in [-0.2, -0.15) is 0 Å². The Morgan fingerprint density at radius 1 is 1.20 bits per heavy atom. The number of nitrogens with one attached hydrogen (secondary N) is 1. The average Bonchev–Trinajstić information content (AvgIpc) is 2.97. The van der Waals surface area contributed by atoms with E-state index in [-0.39, 0.29) is 11.1 Å². The van der Waals surface area contributed by atoms with Gasteiger partial charge in [0.05, 0.1) is 4.91 Å². The third-order valence-corrected chi connectivity index (χ3v) is 4.09. The quantitative estimate of drug-likeness (QED) is 0.844. The molecule has 1 aliphatic heterocycles. The van der Waals surface area contributed by atoms with Crippen molar-refractivity contribution in [3.63, 3.8) is 0 Å². The van der Waals surface area contributed by atoms with E-state index in [0.717, 1.165) is 27.6 Å². The lowest BCUT2D eigenvalue weighted by molar-refractivity contribution is -0.115. The van der Waals surface area contributed by atoms with Crippen LogP contribution < -0.4 is 5.32 Å². The summed E-state index contributed by atoms with van der Waals surface area (Å²) in [6.07, 6.45) is 3.62. The summed E-state index contributed by atoms with van der Waals surface area (Å²) in [5.74, 6) is -0.345. The molecule has 20 heavy (non-hydrogen) atoms. The number of nitrogens with zero attached hydrogens (tertiary/aromatic N) is 1.